The highest BCUT2D eigenvalue weighted by Crippen LogP contribution is 2.20. The topological polar surface area (TPSA) is 57.6 Å². The van der Waals surface area contributed by atoms with E-state index in [-0.39, 0.29) is 12.4 Å². The second-order valence-electron chi connectivity index (χ2n) is 4.25. The Morgan fingerprint density at radius 2 is 2.00 bits per heavy atom. The quantitative estimate of drug-likeness (QED) is 0.771. The molecule has 18 heavy (non-hydrogen) atoms. The summed E-state index contributed by atoms with van der Waals surface area (Å²) in [6.45, 7) is 4.22. The molecular weight excluding hydrogens is 250 g/mol. The molecule has 0 amide bonds. The maximum absolute atomic E-state index is 12.2. The molecule has 0 fully saturated rings. The van der Waals surface area contributed by atoms with E-state index in [0.717, 1.165) is 5.56 Å². The number of benzene rings is 1. The number of nitrogens with zero attached hydrogens (tertiary/aromatic N) is 1. The third-order valence-corrected chi connectivity index (χ3v) is 4.67. The largest absolute Gasteiger partial charge is 0.396 e. The predicted octanol–water partition coefficient (Wildman–Crippen LogP) is 1.92. The Labute approximate surface area is 109 Å². The van der Waals surface area contributed by atoms with Gasteiger partial charge in [0.05, 0.1) is 11.4 Å². The summed E-state index contributed by atoms with van der Waals surface area (Å²) in [5, 5.41) is 8.70. The fourth-order valence-corrected chi connectivity index (χ4v) is 3.45. The van der Waals surface area contributed by atoms with Crippen molar-refractivity contribution in [2.24, 2.45) is 0 Å². The van der Waals surface area contributed by atoms with E-state index < -0.39 is 10.0 Å². The zero-order valence-electron chi connectivity index (χ0n) is 11.0. The molecule has 0 aliphatic rings. The van der Waals surface area contributed by atoms with Crippen molar-refractivity contribution in [3.05, 3.63) is 29.8 Å². The van der Waals surface area contributed by atoms with Gasteiger partial charge in [0.1, 0.15) is 0 Å². The number of hydrogen-bond acceptors (Lipinski definition) is 3. The van der Waals surface area contributed by atoms with Crippen LogP contribution in [0.25, 0.3) is 0 Å². The Hall–Kier alpha value is -1.07. The number of anilines is 1. The smallest absolute Gasteiger partial charge is 0.235 e. The molecule has 0 aliphatic carbocycles. The molecule has 0 aliphatic heterocycles. The minimum Gasteiger partial charge on any atom is -0.396 e. The summed E-state index contributed by atoms with van der Waals surface area (Å²) in [7, 11) is -3.29. The fourth-order valence-electron chi connectivity index (χ4n) is 1.83. The van der Waals surface area contributed by atoms with Crippen molar-refractivity contribution < 1.29 is 13.5 Å². The second-order valence-corrected chi connectivity index (χ2v) is 6.26. The summed E-state index contributed by atoms with van der Waals surface area (Å²) in [6.07, 6.45) is 1.01. The van der Waals surface area contributed by atoms with Crippen LogP contribution in [0.4, 0.5) is 5.69 Å². The highest BCUT2D eigenvalue weighted by atomic mass is 32.2. The summed E-state index contributed by atoms with van der Waals surface area (Å²) in [4.78, 5) is 0. The first-order valence-electron chi connectivity index (χ1n) is 6.19. The average Bonchev–Trinajstić information content (AvgIpc) is 2.29. The molecule has 5 heteroatoms. The molecular formula is C13H21NO3S. The van der Waals surface area contributed by atoms with Crippen LogP contribution in [-0.4, -0.2) is 32.4 Å². The van der Waals surface area contributed by atoms with Gasteiger partial charge in [-0.25, -0.2) is 8.42 Å². The lowest BCUT2D eigenvalue weighted by Crippen LogP contribution is -2.33. The summed E-state index contributed by atoms with van der Waals surface area (Å²) in [6, 6.07) is 7.47. The van der Waals surface area contributed by atoms with E-state index in [1.807, 2.05) is 32.0 Å². The minimum atomic E-state index is -3.29. The molecule has 102 valence electrons. The van der Waals surface area contributed by atoms with E-state index in [4.69, 9.17) is 5.11 Å². The number of aliphatic hydroxyl groups excluding tert-OH is 1. The zero-order valence-corrected chi connectivity index (χ0v) is 11.8. The van der Waals surface area contributed by atoms with E-state index >= 15 is 0 Å². The van der Waals surface area contributed by atoms with Gasteiger partial charge < -0.3 is 5.11 Å². The van der Waals surface area contributed by atoms with Crippen LogP contribution < -0.4 is 4.31 Å². The van der Waals surface area contributed by atoms with Crippen molar-refractivity contribution in [1.82, 2.24) is 0 Å². The zero-order chi connectivity index (χ0) is 13.6. The third-order valence-electron chi connectivity index (χ3n) is 2.72. The highest BCUT2D eigenvalue weighted by molar-refractivity contribution is 7.92. The first kappa shape index (κ1) is 15.0. The standard InChI is InChI=1S/C13H21NO3S/c1-3-14(13-8-6-7-12(2)11-13)18(16,17)10-5-4-9-15/h6-8,11,15H,3-5,9-10H2,1-2H3. The van der Waals surface area contributed by atoms with Crippen molar-refractivity contribution in [2.75, 3.05) is 23.2 Å². The number of aliphatic hydroxyl groups is 1. The molecule has 1 N–H and O–H groups in total. The summed E-state index contributed by atoms with van der Waals surface area (Å²) < 4.78 is 25.8. The molecule has 4 nitrogen and oxygen atoms in total. The molecule has 0 saturated carbocycles. The van der Waals surface area contributed by atoms with Gasteiger partial charge in [-0.2, -0.15) is 0 Å². The van der Waals surface area contributed by atoms with Gasteiger partial charge in [-0.05, 0) is 44.4 Å². The molecule has 0 spiro atoms. The van der Waals surface area contributed by atoms with Gasteiger partial charge >= 0.3 is 0 Å². The van der Waals surface area contributed by atoms with Crippen LogP contribution in [0.15, 0.2) is 24.3 Å². The molecule has 1 aromatic carbocycles. The lowest BCUT2D eigenvalue weighted by molar-refractivity contribution is 0.287. The average molecular weight is 271 g/mol. The first-order valence-corrected chi connectivity index (χ1v) is 7.80. The molecule has 0 radical (unpaired) electrons. The van der Waals surface area contributed by atoms with E-state index in [2.05, 4.69) is 0 Å². The second kappa shape index (κ2) is 6.75. The number of aryl methyl sites for hydroxylation is 1. The van der Waals surface area contributed by atoms with Crippen molar-refractivity contribution in [3.8, 4) is 0 Å². The minimum absolute atomic E-state index is 0.0338. The van der Waals surface area contributed by atoms with E-state index in [9.17, 15) is 8.42 Å². The van der Waals surface area contributed by atoms with E-state index in [1.54, 1.807) is 6.07 Å². The number of unbranched alkanes of at least 4 members (excludes halogenated alkanes) is 1. The van der Waals surface area contributed by atoms with Gasteiger partial charge in [-0.1, -0.05) is 12.1 Å². The summed E-state index contributed by atoms with van der Waals surface area (Å²) in [5.41, 5.74) is 1.75. The summed E-state index contributed by atoms with van der Waals surface area (Å²) in [5.74, 6) is 0.0787. The van der Waals surface area contributed by atoms with Crippen LogP contribution in [0.3, 0.4) is 0 Å². The van der Waals surface area contributed by atoms with Crippen LogP contribution in [0.1, 0.15) is 25.3 Å². The van der Waals surface area contributed by atoms with E-state index in [1.165, 1.54) is 4.31 Å². The maximum atomic E-state index is 12.2. The summed E-state index contributed by atoms with van der Waals surface area (Å²) >= 11 is 0. The Morgan fingerprint density at radius 1 is 1.28 bits per heavy atom. The number of hydrogen-bond donors (Lipinski definition) is 1. The molecule has 1 rings (SSSR count). The lowest BCUT2D eigenvalue weighted by Gasteiger charge is -2.23. The molecule has 1 aromatic rings. The normalized spacial score (nSPS) is 11.5. The molecule has 0 heterocycles. The van der Waals surface area contributed by atoms with Gasteiger partial charge in [-0.3, -0.25) is 4.31 Å². The van der Waals surface area contributed by atoms with Gasteiger partial charge in [0.15, 0.2) is 0 Å². The molecule has 0 atom stereocenters. The van der Waals surface area contributed by atoms with Crippen LogP contribution in [0, 0.1) is 6.92 Å². The van der Waals surface area contributed by atoms with Crippen molar-refractivity contribution in [2.45, 2.75) is 26.7 Å². The Morgan fingerprint density at radius 3 is 2.56 bits per heavy atom. The van der Waals surface area contributed by atoms with Crippen LogP contribution in [0.5, 0.6) is 0 Å². The van der Waals surface area contributed by atoms with Crippen molar-refractivity contribution in [1.29, 1.82) is 0 Å². The molecule has 0 unspecified atom stereocenters. The van der Waals surface area contributed by atoms with Crippen LogP contribution >= 0.6 is 0 Å². The molecule has 0 saturated heterocycles. The van der Waals surface area contributed by atoms with E-state index in [0.29, 0.717) is 25.1 Å². The van der Waals surface area contributed by atoms with Gasteiger partial charge in [-0.15, -0.1) is 0 Å². The lowest BCUT2D eigenvalue weighted by atomic mass is 10.2. The third kappa shape index (κ3) is 3.99. The van der Waals surface area contributed by atoms with Crippen LogP contribution in [0.2, 0.25) is 0 Å². The van der Waals surface area contributed by atoms with Crippen LogP contribution in [-0.2, 0) is 10.0 Å². The Balaban J connectivity index is 2.88. The maximum Gasteiger partial charge on any atom is 0.235 e. The SMILES string of the molecule is CCN(c1cccc(C)c1)S(=O)(=O)CCCCO. The highest BCUT2D eigenvalue weighted by Gasteiger charge is 2.20. The fraction of sp³-hybridized carbons (Fsp3) is 0.538. The number of sulfonamides is 1. The monoisotopic (exact) mass is 271 g/mol. The Bertz CT molecular complexity index is 471. The van der Waals surface area contributed by atoms with Crippen molar-refractivity contribution in [3.63, 3.8) is 0 Å². The molecule has 0 bridgehead atoms. The van der Waals surface area contributed by atoms with Gasteiger partial charge in [0, 0.05) is 13.2 Å². The van der Waals surface area contributed by atoms with Crippen molar-refractivity contribution >= 4 is 15.7 Å². The number of rotatable bonds is 7. The molecule has 0 aromatic heterocycles. The van der Waals surface area contributed by atoms with Gasteiger partial charge in [0.25, 0.3) is 0 Å². The first-order chi connectivity index (χ1) is 8.51. The Kier molecular flexibility index (Phi) is 5.62. The predicted molar refractivity (Wildman–Crippen MR) is 74.3 cm³/mol. The van der Waals surface area contributed by atoms with Gasteiger partial charge in [0.2, 0.25) is 10.0 Å².